The monoisotopic (exact) mass is 368 g/mol. The number of rotatable bonds is 5. The van der Waals surface area contributed by atoms with E-state index >= 15 is 0 Å². The summed E-state index contributed by atoms with van der Waals surface area (Å²) in [5.74, 6) is -1.96. The maximum Gasteiger partial charge on any atom is 0.229 e. The smallest absolute Gasteiger partial charge is 0.229 e. The number of nitrogens with zero attached hydrogens (tertiary/aromatic N) is 2. The molecule has 3 rings (SSSR count). The average Bonchev–Trinajstić information content (AvgIpc) is 2.65. The molecule has 1 aromatic heterocycles. The molecule has 0 spiro atoms. The largest absolute Gasteiger partial charge is 0.399 e. The minimum Gasteiger partial charge on any atom is -0.399 e. The van der Waals surface area contributed by atoms with E-state index in [1.807, 2.05) is 19.1 Å². The number of hydrogen-bond acceptors (Lipinski definition) is 4. The first-order valence-corrected chi connectivity index (χ1v) is 8.42. The summed E-state index contributed by atoms with van der Waals surface area (Å²) >= 11 is 0. The van der Waals surface area contributed by atoms with Crippen LogP contribution >= 0.6 is 0 Å². The van der Waals surface area contributed by atoms with E-state index < -0.39 is 11.6 Å². The van der Waals surface area contributed by atoms with Crippen molar-refractivity contribution in [1.82, 2.24) is 9.97 Å². The molecule has 0 saturated heterocycles. The van der Waals surface area contributed by atoms with Crippen LogP contribution < -0.4 is 11.1 Å². The predicted molar refractivity (Wildman–Crippen MR) is 100.0 cm³/mol. The fourth-order valence-corrected chi connectivity index (χ4v) is 2.58. The molecule has 7 heteroatoms. The molecular formula is C20H18F2N4O. The number of carbonyl (C=O) groups is 1. The van der Waals surface area contributed by atoms with Crippen LogP contribution in [0.3, 0.4) is 0 Å². The third-order valence-electron chi connectivity index (χ3n) is 3.99. The second kappa shape index (κ2) is 7.90. The summed E-state index contributed by atoms with van der Waals surface area (Å²) in [6.45, 7) is 1.90. The third kappa shape index (κ3) is 4.44. The minimum absolute atomic E-state index is 0.0955. The van der Waals surface area contributed by atoms with Crippen LogP contribution in [0.5, 0.6) is 0 Å². The van der Waals surface area contributed by atoms with Crippen molar-refractivity contribution < 1.29 is 13.6 Å². The van der Waals surface area contributed by atoms with Crippen LogP contribution in [0.1, 0.15) is 18.2 Å². The normalized spacial score (nSPS) is 10.6. The Kier molecular flexibility index (Phi) is 5.40. The molecule has 0 unspecified atom stereocenters. The number of hydrogen-bond donors (Lipinski definition) is 2. The van der Waals surface area contributed by atoms with E-state index in [1.54, 1.807) is 18.3 Å². The van der Waals surface area contributed by atoms with Gasteiger partial charge in [0, 0.05) is 11.3 Å². The standard InChI is InChI=1S/C20H18F2N4O/c1-2-17-20(24-11-18(25-17)13-4-6-14(23)7-5-13)26-19(27)10-12-3-8-15(21)16(22)9-12/h3-9,11H,2,10,23H2,1H3,(H,24,26,27). The van der Waals surface area contributed by atoms with E-state index in [0.29, 0.717) is 34.9 Å². The van der Waals surface area contributed by atoms with Gasteiger partial charge >= 0.3 is 0 Å². The van der Waals surface area contributed by atoms with E-state index in [0.717, 1.165) is 17.7 Å². The van der Waals surface area contributed by atoms with Crippen LogP contribution in [0.25, 0.3) is 11.3 Å². The van der Waals surface area contributed by atoms with Crippen LogP contribution in [0.4, 0.5) is 20.3 Å². The Labute approximate surface area is 155 Å². The van der Waals surface area contributed by atoms with Gasteiger partial charge in [-0.15, -0.1) is 0 Å². The second-order valence-electron chi connectivity index (χ2n) is 6.00. The molecule has 0 fully saturated rings. The van der Waals surface area contributed by atoms with Gasteiger partial charge in [-0.05, 0) is 36.2 Å². The molecule has 0 saturated carbocycles. The highest BCUT2D eigenvalue weighted by molar-refractivity contribution is 5.92. The van der Waals surface area contributed by atoms with Crippen LogP contribution in [-0.4, -0.2) is 15.9 Å². The summed E-state index contributed by atoms with van der Waals surface area (Å²) in [5.41, 5.74) is 8.89. The molecule has 5 nitrogen and oxygen atoms in total. The molecule has 3 N–H and O–H groups in total. The first kappa shape index (κ1) is 18.4. The van der Waals surface area contributed by atoms with Crippen LogP contribution in [-0.2, 0) is 17.6 Å². The van der Waals surface area contributed by atoms with Crippen molar-refractivity contribution >= 4 is 17.4 Å². The Morgan fingerprint density at radius 3 is 2.52 bits per heavy atom. The topological polar surface area (TPSA) is 80.9 Å². The molecular weight excluding hydrogens is 350 g/mol. The van der Waals surface area contributed by atoms with E-state index in [-0.39, 0.29) is 12.3 Å². The lowest BCUT2D eigenvalue weighted by atomic mass is 10.1. The van der Waals surface area contributed by atoms with Crippen molar-refractivity contribution in [3.63, 3.8) is 0 Å². The molecule has 0 aliphatic carbocycles. The highest BCUT2D eigenvalue weighted by atomic mass is 19.2. The lowest BCUT2D eigenvalue weighted by Gasteiger charge is -2.10. The van der Waals surface area contributed by atoms with Crippen LogP contribution in [0.15, 0.2) is 48.7 Å². The molecule has 0 aliphatic rings. The predicted octanol–water partition coefficient (Wildman–Crippen LogP) is 3.75. The van der Waals surface area contributed by atoms with Gasteiger partial charge in [0.1, 0.15) is 0 Å². The summed E-state index contributed by atoms with van der Waals surface area (Å²) in [5, 5.41) is 2.68. The van der Waals surface area contributed by atoms with Crippen molar-refractivity contribution in [2.24, 2.45) is 0 Å². The Morgan fingerprint density at radius 1 is 1.11 bits per heavy atom. The highest BCUT2D eigenvalue weighted by Crippen LogP contribution is 2.21. The molecule has 0 bridgehead atoms. The van der Waals surface area contributed by atoms with Crippen LogP contribution in [0.2, 0.25) is 0 Å². The zero-order valence-electron chi connectivity index (χ0n) is 14.7. The zero-order chi connectivity index (χ0) is 19.4. The minimum atomic E-state index is -0.984. The van der Waals surface area contributed by atoms with Crippen LogP contribution in [0, 0.1) is 11.6 Å². The second-order valence-corrected chi connectivity index (χ2v) is 6.00. The number of anilines is 2. The van der Waals surface area contributed by atoms with Crippen molar-refractivity contribution in [2.75, 3.05) is 11.1 Å². The van der Waals surface area contributed by atoms with E-state index in [1.165, 1.54) is 6.07 Å². The molecule has 0 aliphatic heterocycles. The summed E-state index contributed by atoms with van der Waals surface area (Å²) in [7, 11) is 0. The molecule has 138 valence electrons. The Balaban J connectivity index is 1.76. The number of carbonyl (C=O) groups excluding carboxylic acids is 1. The lowest BCUT2D eigenvalue weighted by molar-refractivity contribution is -0.115. The Bertz CT molecular complexity index is 974. The van der Waals surface area contributed by atoms with Crippen molar-refractivity contribution in [3.05, 3.63) is 71.6 Å². The molecule has 0 radical (unpaired) electrons. The number of nitrogen functional groups attached to an aromatic ring is 1. The number of amides is 1. The maximum absolute atomic E-state index is 13.3. The molecule has 0 atom stereocenters. The Hall–Kier alpha value is -3.35. The number of nitrogens with two attached hydrogens (primary N) is 1. The van der Waals surface area contributed by atoms with E-state index in [4.69, 9.17) is 5.73 Å². The molecule has 27 heavy (non-hydrogen) atoms. The number of nitrogens with one attached hydrogen (secondary N) is 1. The highest BCUT2D eigenvalue weighted by Gasteiger charge is 2.12. The van der Waals surface area contributed by atoms with Gasteiger partial charge in [-0.3, -0.25) is 4.79 Å². The number of aryl methyl sites for hydroxylation is 1. The van der Waals surface area contributed by atoms with E-state index in [9.17, 15) is 13.6 Å². The quantitative estimate of drug-likeness (QED) is 0.672. The zero-order valence-corrected chi connectivity index (χ0v) is 14.7. The fourth-order valence-electron chi connectivity index (χ4n) is 2.58. The first-order chi connectivity index (χ1) is 13.0. The van der Waals surface area contributed by atoms with Gasteiger partial charge in [0.05, 0.1) is 24.0 Å². The van der Waals surface area contributed by atoms with Gasteiger partial charge in [0.25, 0.3) is 0 Å². The summed E-state index contributed by atoms with van der Waals surface area (Å²) < 4.78 is 26.2. The number of benzene rings is 2. The number of halogens is 2. The van der Waals surface area contributed by atoms with Crippen molar-refractivity contribution in [3.8, 4) is 11.3 Å². The summed E-state index contributed by atoms with van der Waals surface area (Å²) in [6.07, 6.45) is 2.04. The average molecular weight is 368 g/mol. The number of aromatic nitrogens is 2. The van der Waals surface area contributed by atoms with Gasteiger partial charge in [-0.25, -0.2) is 18.7 Å². The van der Waals surface area contributed by atoms with Crippen molar-refractivity contribution in [1.29, 1.82) is 0 Å². The fraction of sp³-hybridized carbons (Fsp3) is 0.150. The summed E-state index contributed by atoms with van der Waals surface area (Å²) in [6, 6.07) is 10.6. The third-order valence-corrected chi connectivity index (χ3v) is 3.99. The molecule has 2 aromatic carbocycles. The molecule has 1 amide bonds. The lowest BCUT2D eigenvalue weighted by Crippen LogP contribution is -2.17. The van der Waals surface area contributed by atoms with Gasteiger partial charge in [0.15, 0.2) is 17.5 Å². The maximum atomic E-state index is 13.3. The first-order valence-electron chi connectivity index (χ1n) is 8.42. The van der Waals surface area contributed by atoms with Gasteiger partial charge < -0.3 is 11.1 Å². The molecule has 1 heterocycles. The molecule has 3 aromatic rings. The Morgan fingerprint density at radius 2 is 1.85 bits per heavy atom. The van der Waals surface area contributed by atoms with E-state index in [2.05, 4.69) is 15.3 Å². The van der Waals surface area contributed by atoms with Gasteiger partial charge in [-0.2, -0.15) is 0 Å². The summed E-state index contributed by atoms with van der Waals surface area (Å²) in [4.78, 5) is 21.1. The van der Waals surface area contributed by atoms with Gasteiger partial charge in [0.2, 0.25) is 5.91 Å². The van der Waals surface area contributed by atoms with Gasteiger partial charge in [-0.1, -0.05) is 25.1 Å². The SMILES string of the molecule is CCc1nc(-c2ccc(N)cc2)cnc1NC(=O)Cc1ccc(F)c(F)c1. The van der Waals surface area contributed by atoms with Crippen molar-refractivity contribution in [2.45, 2.75) is 19.8 Å².